The van der Waals surface area contributed by atoms with Crippen LogP contribution in [-0.2, 0) is 6.54 Å². The monoisotopic (exact) mass is 339 g/mol. The van der Waals surface area contributed by atoms with Crippen LogP contribution in [0.25, 0.3) is 5.82 Å². The molecule has 8 nitrogen and oxygen atoms in total. The normalized spacial score (nSPS) is 10.4. The molecular formula is C17H17N5O3. The molecular weight excluding hydrogens is 322 g/mol. The fourth-order valence-electron chi connectivity index (χ4n) is 2.33. The molecule has 1 amide bonds. The highest BCUT2D eigenvalue weighted by atomic mass is 16.5. The molecule has 0 aliphatic heterocycles. The fraction of sp³-hybridized carbons (Fsp3) is 0.176. The third-order valence-corrected chi connectivity index (χ3v) is 3.55. The molecule has 0 saturated carbocycles. The Balaban J connectivity index is 1.67. The van der Waals surface area contributed by atoms with Crippen LogP contribution in [0.2, 0.25) is 0 Å². The summed E-state index contributed by atoms with van der Waals surface area (Å²) in [5.41, 5.74) is 0.193. The third-order valence-electron chi connectivity index (χ3n) is 3.55. The van der Waals surface area contributed by atoms with Gasteiger partial charge in [0.2, 0.25) is 0 Å². The summed E-state index contributed by atoms with van der Waals surface area (Å²) in [4.78, 5) is 24.2. The Labute approximate surface area is 143 Å². The lowest BCUT2D eigenvalue weighted by Gasteiger charge is -2.10. The summed E-state index contributed by atoms with van der Waals surface area (Å²) in [5.74, 6) is 0.755. The van der Waals surface area contributed by atoms with Crippen molar-refractivity contribution in [2.24, 2.45) is 0 Å². The van der Waals surface area contributed by atoms with Crippen molar-refractivity contribution < 1.29 is 9.53 Å². The Hall–Kier alpha value is -3.42. The minimum atomic E-state index is -0.270. The van der Waals surface area contributed by atoms with Gasteiger partial charge >= 0.3 is 0 Å². The molecule has 1 N–H and O–H groups in total. The lowest BCUT2D eigenvalue weighted by atomic mass is 10.2. The predicted octanol–water partition coefficient (Wildman–Crippen LogP) is 0.868. The smallest absolute Gasteiger partial charge is 0.266 e. The highest BCUT2D eigenvalue weighted by Gasteiger charge is 2.11. The zero-order valence-electron chi connectivity index (χ0n) is 13.6. The molecule has 0 fully saturated rings. The number of nitrogens with zero attached hydrogens (tertiary/aromatic N) is 4. The number of nitrogens with one attached hydrogen (secondary N) is 1. The van der Waals surface area contributed by atoms with E-state index >= 15 is 0 Å². The van der Waals surface area contributed by atoms with E-state index in [-0.39, 0.29) is 24.6 Å². The molecule has 3 aromatic rings. The van der Waals surface area contributed by atoms with Crippen molar-refractivity contribution >= 4 is 5.91 Å². The van der Waals surface area contributed by atoms with Gasteiger partial charge in [0.05, 0.1) is 19.2 Å². The van der Waals surface area contributed by atoms with Crippen LogP contribution in [-0.4, -0.2) is 39.1 Å². The number of methoxy groups -OCH3 is 1. The summed E-state index contributed by atoms with van der Waals surface area (Å²) in [5, 5.41) is 11.1. The summed E-state index contributed by atoms with van der Waals surface area (Å²) in [6.07, 6.45) is 3.37. The molecule has 0 aliphatic rings. The van der Waals surface area contributed by atoms with Gasteiger partial charge in [0.15, 0.2) is 5.82 Å². The van der Waals surface area contributed by atoms with Crippen molar-refractivity contribution in [2.75, 3.05) is 13.7 Å². The maximum Gasteiger partial charge on any atom is 0.266 e. The molecule has 0 atom stereocenters. The van der Waals surface area contributed by atoms with E-state index in [1.807, 2.05) is 0 Å². The first kappa shape index (κ1) is 16.4. The van der Waals surface area contributed by atoms with Gasteiger partial charge in [-0.2, -0.15) is 5.10 Å². The number of carbonyl (C=O) groups excluding carboxylic acids is 1. The van der Waals surface area contributed by atoms with Gasteiger partial charge in [0, 0.05) is 25.0 Å². The number of benzene rings is 1. The average molecular weight is 339 g/mol. The van der Waals surface area contributed by atoms with Crippen molar-refractivity contribution in [3.63, 3.8) is 0 Å². The Morgan fingerprint density at radius 3 is 2.80 bits per heavy atom. The lowest BCUT2D eigenvalue weighted by molar-refractivity contribution is 0.0948. The molecule has 0 bridgehead atoms. The fourth-order valence-corrected chi connectivity index (χ4v) is 2.33. The molecule has 0 spiro atoms. The lowest BCUT2D eigenvalue weighted by Crippen LogP contribution is -2.32. The summed E-state index contributed by atoms with van der Waals surface area (Å²) in [6.45, 7) is 0.501. The number of ether oxygens (including phenoxy) is 1. The maximum atomic E-state index is 12.2. The minimum absolute atomic E-state index is 0.245. The largest absolute Gasteiger partial charge is 0.496 e. The Bertz CT molecular complexity index is 918. The van der Waals surface area contributed by atoms with E-state index in [2.05, 4.69) is 15.5 Å². The third kappa shape index (κ3) is 3.74. The van der Waals surface area contributed by atoms with E-state index in [1.54, 1.807) is 53.5 Å². The predicted molar refractivity (Wildman–Crippen MR) is 90.9 cm³/mol. The minimum Gasteiger partial charge on any atom is -0.496 e. The molecule has 2 aromatic heterocycles. The van der Waals surface area contributed by atoms with Crippen molar-refractivity contribution in [3.05, 3.63) is 70.8 Å². The van der Waals surface area contributed by atoms with E-state index in [9.17, 15) is 9.59 Å². The Morgan fingerprint density at radius 2 is 2.04 bits per heavy atom. The summed E-state index contributed by atoms with van der Waals surface area (Å²) >= 11 is 0. The van der Waals surface area contributed by atoms with Gasteiger partial charge < -0.3 is 10.1 Å². The van der Waals surface area contributed by atoms with Crippen LogP contribution >= 0.6 is 0 Å². The van der Waals surface area contributed by atoms with Crippen LogP contribution in [0.5, 0.6) is 5.75 Å². The van der Waals surface area contributed by atoms with E-state index in [0.717, 1.165) is 0 Å². The van der Waals surface area contributed by atoms with E-state index in [0.29, 0.717) is 17.1 Å². The molecule has 8 heteroatoms. The van der Waals surface area contributed by atoms with Gasteiger partial charge in [0.25, 0.3) is 11.5 Å². The first-order valence-electron chi connectivity index (χ1n) is 7.68. The SMILES string of the molecule is COc1ccccc1C(=O)NCCn1nc(-n2cccn2)ccc1=O. The molecule has 1 aromatic carbocycles. The van der Waals surface area contributed by atoms with Crippen LogP contribution in [0.1, 0.15) is 10.4 Å². The van der Waals surface area contributed by atoms with Gasteiger partial charge in [0.1, 0.15) is 5.75 Å². The summed E-state index contributed by atoms with van der Waals surface area (Å²) in [7, 11) is 1.51. The standard InChI is InChI=1S/C17H17N5O3/c1-25-14-6-3-2-5-13(14)17(24)18-10-12-22-16(23)8-7-15(20-22)21-11-4-9-19-21/h2-9,11H,10,12H2,1H3,(H,18,24). The molecule has 0 saturated heterocycles. The summed E-state index contributed by atoms with van der Waals surface area (Å²) < 4.78 is 8.02. The molecule has 128 valence electrons. The highest BCUT2D eigenvalue weighted by Crippen LogP contribution is 2.16. The maximum absolute atomic E-state index is 12.2. The van der Waals surface area contributed by atoms with Gasteiger partial charge in [-0.25, -0.2) is 9.36 Å². The van der Waals surface area contributed by atoms with Crippen molar-refractivity contribution in [2.45, 2.75) is 6.54 Å². The van der Waals surface area contributed by atoms with E-state index in [1.165, 1.54) is 17.9 Å². The Morgan fingerprint density at radius 1 is 1.20 bits per heavy atom. The number of hydrogen-bond acceptors (Lipinski definition) is 5. The summed E-state index contributed by atoms with van der Waals surface area (Å²) in [6, 6.07) is 11.7. The highest BCUT2D eigenvalue weighted by molar-refractivity contribution is 5.96. The Kier molecular flexibility index (Phi) is 4.89. The molecule has 0 radical (unpaired) electrons. The number of amides is 1. The van der Waals surface area contributed by atoms with Gasteiger partial charge in [-0.05, 0) is 24.3 Å². The molecule has 25 heavy (non-hydrogen) atoms. The zero-order chi connectivity index (χ0) is 17.6. The van der Waals surface area contributed by atoms with Crippen molar-refractivity contribution in [1.82, 2.24) is 24.9 Å². The number of rotatable bonds is 6. The second-order valence-electron chi connectivity index (χ2n) is 5.16. The second-order valence-corrected chi connectivity index (χ2v) is 5.16. The number of carbonyl (C=O) groups is 1. The molecule has 3 rings (SSSR count). The number of aromatic nitrogens is 4. The van der Waals surface area contributed by atoms with Gasteiger partial charge in [-0.3, -0.25) is 9.59 Å². The average Bonchev–Trinajstić information content (AvgIpc) is 3.17. The topological polar surface area (TPSA) is 91.0 Å². The van der Waals surface area contributed by atoms with Crippen LogP contribution in [0.15, 0.2) is 59.7 Å². The van der Waals surface area contributed by atoms with Crippen LogP contribution < -0.4 is 15.6 Å². The first-order valence-corrected chi connectivity index (χ1v) is 7.68. The van der Waals surface area contributed by atoms with Crippen molar-refractivity contribution in [1.29, 1.82) is 0 Å². The zero-order valence-corrected chi connectivity index (χ0v) is 13.6. The van der Waals surface area contributed by atoms with E-state index in [4.69, 9.17) is 4.74 Å². The first-order chi connectivity index (χ1) is 12.2. The molecule has 0 aliphatic carbocycles. The van der Waals surface area contributed by atoms with E-state index < -0.39 is 0 Å². The van der Waals surface area contributed by atoms with Crippen LogP contribution in [0, 0.1) is 0 Å². The van der Waals surface area contributed by atoms with Crippen LogP contribution in [0.3, 0.4) is 0 Å². The van der Waals surface area contributed by atoms with Gasteiger partial charge in [-0.15, -0.1) is 5.10 Å². The number of hydrogen-bond donors (Lipinski definition) is 1. The quantitative estimate of drug-likeness (QED) is 0.719. The van der Waals surface area contributed by atoms with Crippen LogP contribution in [0.4, 0.5) is 0 Å². The van der Waals surface area contributed by atoms with Gasteiger partial charge in [-0.1, -0.05) is 12.1 Å². The van der Waals surface area contributed by atoms with Crippen molar-refractivity contribution in [3.8, 4) is 11.6 Å². The number of para-hydroxylation sites is 1. The second kappa shape index (κ2) is 7.43. The molecule has 2 heterocycles. The molecule has 0 unspecified atom stereocenters.